The Morgan fingerprint density at radius 2 is 1.93 bits per heavy atom. The molecule has 1 unspecified atom stereocenters. The third kappa shape index (κ3) is 2.46. The molecule has 0 N–H and O–H groups in total. The summed E-state index contributed by atoms with van der Waals surface area (Å²) in [6.45, 7) is 0.840. The van der Waals surface area contributed by atoms with E-state index in [0.29, 0.717) is 6.17 Å². The Labute approximate surface area is 91.6 Å². The van der Waals surface area contributed by atoms with Gasteiger partial charge in [-0.1, -0.05) is 36.4 Å². The molecule has 2 nitrogen and oxygen atoms in total. The van der Waals surface area contributed by atoms with Crippen LogP contribution in [0.3, 0.4) is 0 Å². The zero-order valence-corrected chi connectivity index (χ0v) is 9.35. The van der Waals surface area contributed by atoms with Crippen molar-refractivity contribution in [1.82, 2.24) is 10.2 Å². The highest BCUT2D eigenvalue weighted by Gasteiger charge is 2.18. The van der Waals surface area contributed by atoms with E-state index in [1.165, 1.54) is 11.1 Å². The summed E-state index contributed by atoms with van der Waals surface area (Å²) in [7, 11) is 4.17. The Morgan fingerprint density at radius 1 is 1.20 bits per heavy atom. The van der Waals surface area contributed by atoms with Crippen LogP contribution >= 0.6 is 0 Å². The molecule has 15 heavy (non-hydrogen) atoms. The SMILES string of the molecule is CN(C)C1CC(c2ccccc2)=CC[N]1. The minimum absolute atomic E-state index is 0.338. The second-order valence-corrected chi connectivity index (χ2v) is 4.11. The average molecular weight is 201 g/mol. The van der Waals surface area contributed by atoms with Crippen LogP contribution in [0.5, 0.6) is 0 Å². The first-order valence-electron chi connectivity index (χ1n) is 5.35. The topological polar surface area (TPSA) is 17.3 Å². The van der Waals surface area contributed by atoms with Crippen LogP contribution in [0.4, 0.5) is 0 Å². The Kier molecular flexibility index (Phi) is 3.19. The van der Waals surface area contributed by atoms with Gasteiger partial charge in [-0.3, -0.25) is 4.90 Å². The van der Waals surface area contributed by atoms with Crippen molar-refractivity contribution >= 4 is 5.57 Å². The lowest BCUT2D eigenvalue weighted by Gasteiger charge is -2.28. The van der Waals surface area contributed by atoms with Gasteiger partial charge in [-0.25, -0.2) is 5.32 Å². The molecule has 1 radical (unpaired) electrons. The van der Waals surface area contributed by atoms with Gasteiger partial charge in [0.25, 0.3) is 0 Å². The number of rotatable bonds is 2. The largest absolute Gasteiger partial charge is 0.293 e. The first-order chi connectivity index (χ1) is 7.27. The summed E-state index contributed by atoms with van der Waals surface area (Å²) in [5.74, 6) is 0. The molecule has 0 saturated heterocycles. The molecule has 0 bridgehead atoms. The van der Waals surface area contributed by atoms with Crippen molar-refractivity contribution < 1.29 is 0 Å². The third-order valence-corrected chi connectivity index (χ3v) is 2.80. The van der Waals surface area contributed by atoms with E-state index in [-0.39, 0.29) is 0 Å². The van der Waals surface area contributed by atoms with E-state index in [4.69, 9.17) is 0 Å². The van der Waals surface area contributed by atoms with E-state index in [1.54, 1.807) is 0 Å². The highest BCUT2D eigenvalue weighted by Crippen LogP contribution is 2.23. The predicted molar refractivity (Wildman–Crippen MR) is 63.5 cm³/mol. The Balaban J connectivity index is 2.14. The number of benzene rings is 1. The quantitative estimate of drug-likeness (QED) is 0.715. The zero-order valence-electron chi connectivity index (χ0n) is 9.35. The van der Waals surface area contributed by atoms with Gasteiger partial charge in [0.1, 0.15) is 0 Å². The molecule has 2 heteroatoms. The van der Waals surface area contributed by atoms with Crippen molar-refractivity contribution in [1.29, 1.82) is 0 Å². The van der Waals surface area contributed by atoms with Crippen LogP contribution in [0.1, 0.15) is 12.0 Å². The van der Waals surface area contributed by atoms with Gasteiger partial charge in [0.2, 0.25) is 0 Å². The summed E-state index contributed by atoms with van der Waals surface area (Å²) in [5.41, 5.74) is 2.75. The van der Waals surface area contributed by atoms with E-state index >= 15 is 0 Å². The molecular formula is C13H17N2. The molecule has 0 amide bonds. The van der Waals surface area contributed by atoms with Crippen LogP contribution in [0.25, 0.3) is 5.57 Å². The molecule has 2 rings (SSSR count). The summed E-state index contributed by atoms with van der Waals surface area (Å²) in [6.07, 6.45) is 3.59. The fourth-order valence-electron chi connectivity index (χ4n) is 1.86. The molecule has 1 aromatic carbocycles. The lowest BCUT2D eigenvalue weighted by molar-refractivity contribution is 0.248. The molecule has 1 aromatic rings. The van der Waals surface area contributed by atoms with Gasteiger partial charge in [-0.15, -0.1) is 0 Å². The molecule has 79 valence electrons. The van der Waals surface area contributed by atoms with Crippen molar-refractivity contribution in [3.05, 3.63) is 42.0 Å². The van der Waals surface area contributed by atoms with Crippen molar-refractivity contribution in [3.63, 3.8) is 0 Å². The van der Waals surface area contributed by atoms with Crippen LogP contribution in [-0.4, -0.2) is 31.7 Å². The van der Waals surface area contributed by atoms with Gasteiger partial charge in [0, 0.05) is 13.0 Å². The Hall–Kier alpha value is -1.12. The van der Waals surface area contributed by atoms with Crippen LogP contribution in [-0.2, 0) is 0 Å². The second-order valence-electron chi connectivity index (χ2n) is 4.11. The van der Waals surface area contributed by atoms with Gasteiger partial charge in [-0.2, -0.15) is 0 Å². The molecule has 1 aliphatic rings. The van der Waals surface area contributed by atoms with Crippen LogP contribution < -0.4 is 5.32 Å². The smallest absolute Gasteiger partial charge is 0.0800 e. The molecule has 1 aliphatic heterocycles. The maximum Gasteiger partial charge on any atom is 0.0800 e. The van der Waals surface area contributed by atoms with Gasteiger partial charge in [0.05, 0.1) is 6.17 Å². The molecule has 0 spiro atoms. The van der Waals surface area contributed by atoms with Crippen molar-refractivity contribution in [2.45, 2.75) is 12.6 Å². The first kappa shape index (κ1) is 10.4. The van der Waals surface area contributed by atoms with Gasteiger partial charge < -0.3 is 0 Å². The standard InChI is InChI=1S/C13H17N2/c1-15(2)13-10-12(8-9-14-13)11-6-4-3-5-7-11/h3-8,13H,9-10H2,1-2H3. The highest BCUT2D eigenvalue weighted by atomic mass is 15.2. The fourth-order valence-corrected chi connectivity index (χ4v) is 1.86. The lowest BCUT2D eigenvalue weighted by atomic mass is 9.98. The van der Waals surface area contributed by atoms with E-state index in [9.17, 15) is 0 Å². The van der Waals surface area contributed by atoms with Crippen molar-refractivity contribution in [2.24, 2.45) is 0 Å². The molecule has 0 aromatic heterocycles. The molecule has 0 aliphatic carbocycles. The summed E-state index contributed by atoms with van der Waals surface area (Å²) >= 11 is 0. The zero-order chi connectivity index (χ0) is 10.7. The average Bonchev–Trinajstić information content (AvgIpc) is 2.30. The highest BCUT2D eigenvalue weighted by molar-refractivity contribution is 5.66. The summed E-state index contributed by atoms with van der Waals surface area (Å²) in [4.78, 5) is 2.18. The number of hydrogen-bond donors (Lipinski definition) is 0. The van der Waals surface area contributed by atoms with Gasteiger partial charge >= 0.3 is 0 Å². The van der Waals surface area contributed by atoms with Gasteiger partial charge in [-0.05, 0) is 25.2 Å². The molecule has 0 fully saturated rings. The van der Waals surface area contributed by atoms with Crippen LogP contribution in [0.2, 0.25) is 0 Å². The molecule has 1 atom stereocenters. The monoisotopic (exact) mass is 201 g/mol. The summed E-state index contributed by atoms with van der Waals surface area (Å²) in [6, 6.07) is 10.6. The van der Waals surface area contributed by atoms with Crippen molar-refractivity contribution in [2.75, 3.05) is 20.6 Å². The van der Waals surface area contributed by atoms with Crippen LogP contribution in [0, 0.1) is 0 Å². The minimum Gasteiger partial charge on any atom is -0.293 e. The van der Waals surface area contributed by atoms with Crippen molar-refractivity contribution in [3.8, 4) is 0 Å². The van der Waals surface area contributed by atoms with Crippen LogP contribution in [0.15, 0.2) is 36.4 Å². The maximum atomic E-state index is 4.55. The minimum atomic E-state index is 0.338. The predicted octanol–water partition coefficient (Wildman–Crippen LogP) is 1.97. The summed E-state index contributed by atoms with van der Waals surface area (Å²) < 4.78 is 0. The summed E-state index contributed by atoms with van der Waals surface area (Å²) in [5, 5.41) is 4.55. The number of hydrogen-bond acceptors (Lipinski definition) is 1. The molecule has 1 heterocycles. The first-order valence-corrected chi connectivity index (χ1v) is 5.35. The van der Waals surface area contributed by atoms with E-state index in [1.807, 2.05) is 0 Å². The van der Waals surface area contributed by atoms with E-state index in [2.05, 4.69) is 60.7 Å². The maximum absolute atomic E-state index is 4.55. The normalized spacial score (nSPS) is 21.5. The van der Waals surface area contributed by atoms with Gasteiger partial charge in [0.15, 0.2) is 0 Å². The molecular weight excluding hydrogens is 184 g/mol. The molecule has 0 saturated carbocycles. The fraction of sp³-hybridized carbons (Fsp3) is 0.385. The third-order valence-electron chi connectivity index (χ3n) is 2.80. The second kappa shape index (κ2) is 4.60. The Bertz CT molecular complexity index is 341. The van der Waals surface area contributed by atoms with E-state index < -0.39 is 0 Å². The van der Waals surface area contributed by atoms with E-state index in [0.717, 1.165) is 13.0 Å². The number of nitrogens with zero attached hydrogens (tertiary/aromatic N) is 2. The Morgan fingerprint density at radius 3 is 2.60 bits per heavy atom. The lowest BCUT2D eigenvalue weighted by Crippen LogP contribution is -2.39.